The monoisotopic (exact) mass is 469 g/mol. The van der Waals surface area contributed by atoms with E-state index in [2.05, 4.69) is 15.9 Å². The highest BCUT2D eigenvalue weighted by atomic mass is 79.9. The Bertz CT molecular complexity index is 978. The van der Waals surface area contributed by atoms with Gasteiger partial charge in [0, 0.05) is 21.5 Å². The van der Waals surface area contributed by atoms with E-state index in [0.29, 0.717) is 27.4 Å². The highest BCUT2D eigenvalue weighted by molar-refractivity contribution is 9.10. The summed E-state index contributed by atoms with van der Waals surface area (Å²) >= 11 is 4.41. The maximum absolute atomic E-state index is 12.6. The van der Waals surface area contributed by atoms with E-state index in [4.69, 9.17) is 10.4 Å². The van der Waals surface area contributed by atoms with E-state index >= 15 is 0 Å². The van der Waals surface area contributed by atoms with Crippen LogP contribution in [0.4, 0.5) is 5.69 Å². The summed E-state index contributed by atoms with van der Waals surface area (Å²) in [6.07, 6.45) is 1.11. The van der Waals surface area contributed by atoms with Crippen LogP contribution in [0, 0.1) is 17.2 Å². The van der Waals surface area contributed by atoms with Crippen LogP contribution in [0.3, 0.4) is 0 Å². The van der Waals surface area contributed by atoms with Crippen molar-refractivity contribution in [3.05, 3.63) is 34.8 Å². The molecule has 0 aliphatic carbocycles. The Balaban J connectivity index is 2.39. The molecule has 1 aromatic carbocycles. The Morgan fingerprint density at radius 2 is 2.07 bits per heavy atom. The number of primary sulfonamides is 1. The second kappa shape index (κ2) is 8.97. The van der Waals surface area contributed by atoms with Crippen molar-refractivity contribution in [3.63, 3.8) is 0 Å². The van der Waals surface area contributed by atoms with Crippen LogP contribution in [-0.4, -0.2) is 20.9 Å². The van der Waals surface area contributed by atoms with Crippen molar-refractivity contribution in [1.82, 2.24) is 0 Å². The molecule has 0 unspecified atom stereocenters. The van der Waals surface area contributed by atoms with Gasteiger partial charge < -0.3 is 0 Å². The number of anilines is 1. The molecule has 144 valence electrons. The number of rotatable bonds is 7. The van der Waals surface area contributed by atoms with Crippen LogP contribution < -0.4 is 10.0 Å². The third-order valence-corrected chi connectivity index (χ3v) is 7.32. The lowest BCUT2D eigenvalue weighted by molar-refractivity contribution is -0.118. The van der Waals surface area contributed by atoms with E-state index in [-0.39, 0.29) is 16.7 Å². The van der Waals surface area contributed by atoms with Gasteiger partial charge in [-0.3, -0.25) is 9.69 Å². The molecule has 2 aromatic rings. The molecule has 0 atom stereocenters. The first-order valence-electron chi connectivity index (χ1n) is 8.23. The summed E-state index contributed by atoms with van der Waals surface area (Å²) in [5.41, 5.74) is 1.33. The molecule has 0 saturated heterocycles. The fourth-order valence-electron chi connectivity index (χ4n) is 2.44. The lowest BCUT2D eigenvalue weighted by atomic mass is 10.1. The minimum Gasteiger partial charge on any atom is -0.299 e. The first-order valence-corrected chi connectivity index (χ1v) is 11.4. The molecule has 27 heavy (non-hydrogen) atoms. The lowest BCUT2D eigenvalue weighted by Crippen LogP contribution is -2.31. The molecule has 0 radical (unpaired) electrons. The molecule has 1 amide bonds. The van der Waals surface area contributed by atoms with E-state index < -0.39 is 10.0 Å². The van der Waals surface area contributed by atoms with E-state index in [1.807, 2.05) is 26.0 Å². The SMILES string of the molecule is CC(C)CCC(=O)N(CC#N)c1cccc(-c2sc(S(N)(=O)=O)cc2Br)c1. The molecule has 0 aliphatic rings. The van der Waals surface area contributed by atoms with Gasteiger partial charge in [-0.05, 0) is 52.0 Å². The fourth-order valence-corrected chi connectivity index (χ4v) is 5.22. The average Bonchev–Trinajstić information content (AvgIpc) is 3.00. The van der Waals surface area contributed by atoms with Crippen LogP contribution in [0.15, 0.2) is 39.0 Å². The quantitative estimate of drug-likeness (QED) is 0.615. The van der Waals surface area contributed by atoms with Gasteiger partial charge in [-0.2, -0.15) is 5.26 Å². The summed E-state index contributed by atoms with van der Waals surface area (Å²) in [6.45, 7) is 4.04. The van der Waals surface area contributed by atoms with Gasteiger partial charge in [-0.1, -0.05) is 26.0 Å². The van der Waals surface area contributed by atoms with Gasteiger partial charge in [0.2, 0.25) is 15.9 Å². The Labute approximate surface area is 171 Å². The Kier molecular flexibility index (Phi) is 7.17. The third-order valence-electron chi connectivity index (χ3n) is 3.83. The molecule has 9 heteroatoms. The highest BCUT2D eigenvalue weighted by Gasteiger charge is 2.19. The van der Waals surface area contributed by atoms with Crippen LogP contribution in [0.2, 0.25) is 0 Å². The molecule has 6 nitrogen and oxygen atoms in total. The molecule has 1 heterocycles. The molecular weight excluding hydrogens is 450 g/mol. The zero-order valence-electron chi connectivity index (χ0n) is 15.0. The fraction of sp³-hybridized carbons (Fsp3) is 0.333. The number of hydrogen-bond donors (Lipinski definition) is 1. The van der Waals surface area contributed by atoms with Crippen molar-refractivity contribution in [2.75, 3.05) is 11.4 Å². The van der Waals surface area contributed by atoms with E-state index in [0.717, 1.165) is 23.3 Å². The lowest BCUT2D eigenvalue weighted by Gasteiger charge is -2.21. The van der Waals surface area contributed by atoms with Crippen LogP contribution >= 0.6 is 27.3 Å². The maximum atomic E-state index is 12.6. The number of hydrogen-bond acceptors (Lipinski definition) is 5. The predicted molar refractivity (Wildman–Crippen MR) is 111 cm³/mol. The number of carbonyl (C=O) groups excluding carboxylic acids is 1. The van der Waals surface area contributed by atoms with Crippen LogP contribution in [0.1, 0.15) is 26.7 Å². The summed E-state index contributed by atoms with van der Waals surface area (Å²) in [6, 6.07) is 10.6. The van der Waals surface area contributed by atoms with Gasteiger partial charge >= 0.3 is 0 Å². The standard InChI is InChI=1S/C18H20BrN3O3S2/c1-12(2)6-7-16(23)22(9-8-20)14-5-3-4-13(10-14)18-15(19)11-17(26-18)27(21,24)25/h3-5,10-12H,6-7,9H2,1-2H3,(H2,21,24,25). The van der Waals surface area contributed by atoms with Crippen LogP contribution in [0.25, 0.3) is 10.4 Å². The zero-order valence-corrected chi connectivity index (χ0v) is 18.2. The smallest absolute Gasteiger partial charge is 0.247 e. The molecule has 0 aliphatic heterocycles. The van der Waals surface area contributed by atoms with Crippen molar-refractivity contribution < 1.29 is 13.2 Å². The molecular formula is C18H20BrN3O3S2. The largest absolute Gasteiger partial charge is 0.299 e. The van der Waals surface area contributed by atoms with Gasteiger partial charge in [0.1, 0.15) is 10.8 Å². The number of thiophene rings is 1. The number of sulfonamides is 1. The maximum Gasteiger partial charge on any atom is 0.247 e. The minimum atomic E-state index is -3.80. The Morgan fingerprint density at radius 3 is 2.63 bits per heavy atom. The van der Waals surface area contributed by atoms with Gasteiger partial charge in [-0.15, -0.1) is 11.3 Å². The van der Waals surface area contributed by atoms with Gasteiger partial charge in [0.05, 0.1) is 6.07 Å². The summed E-state index contributed by atoms with van der Waals surface area (Å²) in [5.74, 6) is 0.279. The third kappa shape index (κ3) is 5.62. The topological polar surface area (TPSA) is 104 Å². The number of nitrogens with two attached hydrogens (primary N) is 1. The summed E-state index contributed by atoms with van der Waals surface area (Å²) in [5, 5.41) is 14.3. The van der Waals surface area contributed by atoms with Crippen molar-refractivity contribution in [3.8, 4) is 16.5 Å². The summed E-state index contributed by atoms with van der Waals surface area (Å²) < 4.78 is 23.8. The van der Waals surface area contributed by atoms with Crippen molar-refractivity contribution in [2.45, 2.75) is 30.9 Å². The number of benzene rings is 1. The number of nitriles is 1. The normalized spacial score (nSPS) is 11.4. The van der Waals surface area contributed by atoms with Crippen LogP contribution in [0.5, 0.6) is 0 Å². The molecule has 2 rings (SSSR count). The number of halogens is 1. The van der Waals surface area contributed by atoms with E-state index in [1.54, 1.807) is 18.2 Å². The van der Waals surface area contributed by atoms with Crippen molar-refractivity contribution >= 4 is 48.9 Å². The zero-order chi connectivity index (χ0) is 20.2. The first-order chi connectivity index (χ1) is 12.6. The first kappa shape index (κ1) is 21.6. The second-order valence-corrected chi connectivity index (χ2v) is 10.1. The molecule has 1 aromatic heterocycles. The Hall–Kier alpha value is -1.73. The van der Waals surface area contributed by atoms with Gasteiger partial charge in [0.25, 0.3) is 0 Å². The van der Waals surface area contributed by atoms with Gasteiger partial charge in [-0.25, -0.2) is 13.6 Å². The van der Waals surface area contributed by atoms with E-state index in [9.17, 15) is 13.2 Å². The van der Waals surface area contributed by atoms with Gasteiger partial charge in [0.15, 0.2) is 0 Å². The number of carbonyl (C=O) groups is 1. The van der Waals surface area contributed by atoms with Crippen LogP contribution in [-0.2, 0) is 14.8 Å². The predicted octanol–water partition coefficient (Wildman–Crippen LogP) is 4.12. The second-order valence-electron chi connectivity index (χ2n) is 6.41. The number of amides is 1. The molecule has 0 spiro atoms. The molecule has 0 saturated carbocycles. The summed E-state index contributed by atoms with van der Waals surface area (Å²) in [4.78, 5) is 14.7. The van der Waals surface area contributed by atoms with Crippen molar-refractivity contribution in [2.24, 2.45) is 11.1 Å². The van der Waals surface area contributed by atoms with E-state index in [1.165, 1.54) is 11.0 Å². The molecule has 2 N–H and O–H groups in total. The molecule has 0 fully saturated rings. The van der Waals surface area contributed by atoms with Crippen molar-refractivity contribution in [1.29, 1.82) is 5.26 Å². The summed E-state index contributed by atoms with van der Waals surface area (Å²) in [7, 11) is -3.80. The number of nitrogens with zero attached hydrogens (tertiary/aromatic N) is 2. The Morgan fingerprint density at radius 1 is 1.37 bits per heavy atom. The highest BCUT2D eigenvalue weighted by Crippen LogP contribution is 2.39. The minimum absolute atomic E-state index is 0.0472. The molecule has 0 bridgehead atoms. The average molecular weight is 470 g/mol.